The van der Waals surface area contributed by atoms with Crippen LogP contribution in [0.1, 0.15) is 66.2 Å². The van der Waals surface area contributed by atoms with Crippen LogP contribution in [0.5, 0.6) is 0 Å². The van der Waals surface area contributed by atoms with Crippen molar-refractivity contribution in [2.24, 2.45) is 5.92 Å². The first-order valence-corrected chi connectivity index (χ1v) is 8.57. The Bertz CT molecular complexity index is 503. The second-order valence-electron chi connectivity index (χ2n) is 6.26. The summed E-state index contributed by atoms with van der Waals surface area (Å²) in [5.74, 6) is 0.518. The van der Waals surface area contributed by atoms with Gasteiger partial charge in [0.25, 0.3) is 0 Å². The van der Waals surface area contributed by atoms with Crippen LogP contribution in [0.25, 0.3) is 0 Å². The Balaban J connectivity index is 1.77. The summed E-state index contributed by atoms with van der Waals surface area (Å²) in [6.45, 7) is 2.26. The van der Waals surface area contributed by atoms with Gasteiger partial charge in [0.15, 0.2) is 0 Å². The summed E-state index contributed by atoms with van der Waals surface area (Å²) in [6.07, 6.45) is 8.91. The highest BCUT2D eigenvalue weighted by molar-refractivity contribution is 7.16. The standard InChI is InChI=1S/C16H23NO2S/c1-10-7-8-12-13(9-10)20-15(17)14(12)16(18)19-11-5-3-2-4-6-11/h10-11H,2-9,17H2,1H3. The number of fused-ring (bicyclic) bond motifs is 1. The molecule has 0 amide bonds. The van der Waals surface area contributed by atoms with Crippen molar-refractivity contribution >= 4 is 22.3 Å². The van der Waals surface area contributed by atoms with Crippen LogP contribution >= 0.6 is 11.3 Å². The van der Waals surface area contributed by atoms with Crippen molar-refractivity contribution in [1.29, 1.82) is 0 Å². The lowest BCUT2D eigenvalue weighted by Crippen LogP contribution is -2.22. The lowest BCUT2D eigenvalue weighted by molar-refractivity contribution is 0.0211. The molecule has 0 spiro atoms. The van der Waals surface area contributed by atoms with Crippen LogP contribution < -0.4 is 5.73 Å². The van der Waals surface area contributed by atoms with Gasteiger partial charge >= 0.3 is 5.97 Å². The minimum atomic E-state index is -0.179. The van der Waals surface area contributed by atoms with Crippen LogP contribution in [0.2, 0.25) is 0 Å². The van der Waals surface area contributed by atoms with Gasteiger partial charge in [0.2, 0.25) is 0 Å². The third-order valence-electron chi connectivity index (χ3n) is 4.57. The molecular formula is C16H23NO2S. The molecule has 2 N–H and O–H groups in total. The Morgan fingerprint density at radius 2 is 2.00 bits per heavy atom. The summed E-state index contributed by atoms with van der Waals surface area (Å²) in [4.78, 5) is 13.8. The van der Waals surface area contributed by atoms with E-state index < -0.39 is 0 Å². The van der Waals surface area contributed by atoms with Crippen molar-refractivity contribution < 1.29 is 9.53 Å². The minimum absolute atomic E-state index is 0.105. The van der Waals surface area contributed by atoms with Gasteiger partial charge in [0.1, 0.15) is 11.1 Å². The summed E-state index contributed by atoms with van der Waals surface area (Å²) in [5, 5.41) is 0.657. The number of esters is 1. The zero-order valence-corrected chi connectivity index (χ0v) is 12.9. The maximum Gasteiger partial charge on any atom is 0.341 e. The smallest absolute Gasteiger partial charge is 0.341 e. The number of hydrogen-bond donors (Lipinski definition) is 1. The predicted molar refractivity (Wildman–Crippen MR) is 82.2 cm³/mol. The zero-order valence-electron chi connectivity index (χ0n) is 12.1. The van der Waals surface area contributed by atoms with Crippen molar-refractivity contribution in [2.75, 3.05) is 5.73 Å². The molecule has 0 bridgehead atoms. The first-order valence-electron chi connectivity index (χ1n) is 7.76. The number of thiophene rings is 1. The normalized spacial score (nSPS) is 23.4. The molecule has 2 aliphatic carbocycles. The van der Waals surface area contributed by atoms with Crippen LogP contribution in [0.4, 0.5) is 5.00 Å². The summed E-state index contributed by atoms with van der Waals surface area (Å²) in [7, 11) is 0. The molecule has 1 aromatic heterocycles. The van der Waals surface area contributed by atoms with Gasteiger partial charge in [-0.25, -0.2) is 4.79 Å². The zero-order chi connectivity index (χ0) is 14.1. The van der Waals surface area contributed by atoms with Crippen molar-refractivity contribution in [3.8, 4) is 0 Å². The molecule has 1 atom stereocenters. The van der Waals surface area contributed by atoms with Gasteiger partial charge < -0.3 is 10.5 Å². The quantitative estimate of drug-likeness (QED) is 0.840. The molecule has 3 rings (SSSR count). The van der Waals surface area contributed by atoms with Gasteiger partial charge in [0.05, 0.1) is 5.56 Å². The third kappa shape index (κ3) is 2.71. The van der Waals surface area contributed by atoms with Crippen molar-refractivity contribution in [2.45, 2.75) is 64.4 Å². The largest absolute Gasteiger partial charge is 0.459 e. The van der Waals surface area contributed by atoms with Gasteiger partial charge in [-0.05, 0) is 56.4 Å². The van der Waals surface area contributed by atoms with Crippen molar-refractivity contribution in [1.82, 2.24) is 0 Å². The van der Waals surface area contributed by atoms with E-state index in [0.29, 0.717) is 16.5 Å². The Morgan fingerprint density at radius 1 is 1.25 bits per heavy atom. The van der Waals surface area contributed by atoms with Crippen molar-refractivity contribution in [3.05, 3.63) is 16.0 Å². The molecule has 0 aliphatic heterocycles. The fourth-order valence-corrected chi connectivity index (χ4v) is 4.66. The highest BCUT2D eigenvalue weighted by Crippen LogP contribution is 2.38. The van der Waals surface area contributed by atoms with Crippen LogP contribution in [-0.4, -0.2) is 12.1 Å². The highest BCUT2D eigenvalue weighted by atomic mass is 32.1. The molecule has 4 heteroatoms. The second kappa shape index (κ2) is 5.76. The molecule has 0 aromatic carbocycles. The average molecular weight is 293 g/mol. The molecule has 1 heterocycles. The van der Waals surface area contributed by atoms with E-state index in [-0.39, 0.29) is 12.1 Å². The molecule has 0 saturated heterocycles. The lowest BCUT2D eigenvalue weighted by atomic mass is 9.88. The summed E-state index contributed by atoms with van der Waals surface area (Å²) >= 11 is 1.59. The van der Waals surface area contributed by atoms with Gasteiger partial charge in [-0.3, -0.25) is 0 Å². The number of nitrogens with two attached hydrogens (primary N) is 1. The minimum Gasteiger partial charge on any atom is -0.459 e. The van der Waals surface area contributed by atoms with E-state index >= 15 is 0 Å². The molecule has 3 nitrogen and oxygen atoms in total. The van der Waals surface area contributed by atoms with Crippen molar-refractivity contribution in [3.63, 3.8) is 0 Å². The Morgan fingerprint density at radius 3 is 2.75 bits per heavy atom. The van der Waals surface area contributed by atoms with Crippen LogP contribution in [0.15, 0.2) is 0 Å². The highest BCUT2D eigenvalue weighted by Gasteiger charge is 2.29. The van der Waals surface area contributed by atoms with Gasteiger partial charge in [0, 0.05) is 4.88 Å². The van der Waals surface area contributed by atoms with E-state index in [1.165, 1.54) is 29.7 Å². The Labute approximate surface area is 124 Å². The van der Waals surface area contributed by atoms with E-state index in [2.05, 4.69) is 6.92 Å². The number of nitrogen functional groups attached to an aromatic ring is 1. The van der Waals surface area contributed by atoms with Gasteiger partial charge in [-0.15, -0.1) is 11.3 Å². The average Bonchev–Trinajstić information content (AvgIpc) is 2.74. The van der Waals surface area contributed by atoms with E-state index in [4.69, 9.17) is 10.5 Å². The monoisotopic (exact) mass is 293 g/mol. The van der Waals surface area contributed by atoms with Gasteiger partial charge in [-0.2, -0.15) is 0 Å². The van der Waals surface area contributed by atoms with E-state index in [1.807, 2.05) is 0 Å². The number of rotatable bonds is 2. The first-order chi connectivity index (χ1) is 9.65. The molecule has 0 radical (unpaired) electrons. The fourth-order valence-electron chi connectivity index (χ4n) is 3.39. The SMILES string of the molecule is CC1CCc2c(sc(N)c2C(=O)OC2CCCCC2)C1. The molecule has 2 aliphatic rings. The number of hydrogen-bond acceptors (Lipinski definition) is 4. The van der Waals surface area contributed by atoms with E-state index in [9.17, 15) is 4.79 Å². The molecule has 1 aromatic rings. The maximum absolute atomic E-state index is 12.5. The number of ether oxygens (including phenoxy) is 1. The Kier molecular flexibility index (Phi) is 4.01. The van der Waals surface area contributed by atoms with Crippen LogP contribution in [0.3, 0.4) is 0 Å². The number of carbonyl (C=O) groups is 1. The number of carbonyl (C=O) groups excluding carboxylic acids is 1. The molecule has 20 heavy (non-hydrogen) atoms. The molecule has 1 unspecified atom stereocenters. The lowest BCUT2D eigenvalue weighted by Gasteiger charge is -2.23. The third-order valence-corrected chi connectivity index (χ3v) is 5.65. The first kappa shape index (κ1) is 13.9. The summed E-state index contributed by atoms with van der Waals surface area (Å²) < 4.78 is 5.70. The Hall–Kier alpha value is -1.03. The topological polar surface area (TPSA) is 52.3 Å². The van der Waals surface area contributed by atoms with Crippen LogP contribution in [-0.2, 0) is 17.6 Å². The van der Waals surface area contributed by atoms with E-state index in [0.717, 1.165) is 32.1 Å². The van der Waals surface area contributed by atoms with Gasteiger partial charge in [-0.1, -0.05) is 13.3 Å². The molecule has 110 valence electrons. The maximum atomic E-state index is 12.5. The second-order valence-corrected chi connectivity index (χ2v) is 7.39. The number of anilines is 1. The summed E-state index contributed by atoms with van der Waals surface area (Å²) in [6, 6.07) is 0. The van der Waals surface area contributed by atoms with E-state index in [1.54, 1.807) is 11.3 Å². The summed E-state index contributed by atoms with van der Waals surface area (Å²) in [5.41, 5.74) is 7.95. The van der Waals surface area contributed by atoms with Crippen LogP contribution in [0, 0.1) is 5.92 Å². The predicted octanol–water partition coefficient (Wildman–Crippen LogP) is 3.94. The fraction of sp³-hybridized carbons (Fsp3) is 0.688. The molecular weight excluding hydrogens is 270 g/mol. The molecule has 1 saturated carbocycles. The molecule has 1 fully saturated rings.